The van der Waals surface area contributed by atoms with Crippen molar-refractivity contribution in [2.24, 2.45) is 5.73 Å². The molecule has 0 unspecified atom stereocenters. The summed E-state index contributed by atoms with van der Waals surface area (Å²) in [6.07, 6.45) is 2.64. The molecule has 0 saturated carbocycles. The van der Waals surface area contributed by atoms with Crippen LogP contribution in [0.3, 0.4) is 0 Å². The zero-order chi connectivity index (χ0) is 21.3. The van der Waals surface area contributed by atoms with Crippen LogP contribution in [0.2, 0.25) is 0 Å². The minimum absolute atomic E-state index is 0.136. The van der Waals surface area contributed by atoms with E-state index in [0.717, 1.165) is 17.5 Å². The Balaban J connectivity index is 1.60. The molecule has 1 aliphatic carbocycles. The Morgan fingerprint density at radius 1 is 0.933 bits per heavy atom. The molecule has 0 spiro atoms. The van der Waals surface area contributed by atoms with E-state index >= 15 is 0 Å². The standard InChI is InChI=1S/C24H20N4O2/c25-21-11-9-17(28-24(30)19-10-8-14-4-1-2-7-18(14)19)13-20(21)22(26)15-5-3-6-16(12-15)23(27)29/h1-7,9-13,26H,8,25H2,(H2,27,29)(H,28,30). The van der Waals surface area contributed by atoms with E-state index in [1.165, 1.54) is 0 Å². The summed E-state index contributed by atoms with van der Waals surface area (Å²) in [5, 5.41) is 11.4. The lowest BCUT2D eigenvalue weighted by Crippen LogP contribution is -2.15. The van der Waals surface area contributed by atoms with Gasteiger partial charge in [-0.05, 0) is 47.9 Å². The second-order valence-electron chi connectivity index (χ2n) is 7.06. The van der Waals surface area contributed by atoms with Gasteiger partial charge >= 0.3 is 0 Å². The summed E-state index contributed by atoms with van der Waals surface area (Å²) < 4.78 is 0. The van der Waals surface area contributed by atoms with Crippen molar-refractivity contribution < 1.29 is 9.59 Å². The Morgan fingerprint density at radius 3 is 2.50 bits per heavy atom. The Hall–Kier alpha value is -4.19. The number of nitrogen functional groups attached to an aromatic ring is 1. The number of hydrogen-bond donors (Lipinski definition) is 4. The maximum Gasteiger partial charge on any atom is 0.255 e. The largest absolute Gasteiger partial charge is 0.398 e. The maximum absolute atomic E-state index is 12.8. The zero-order valence-corrected chi connectivity index (χ0v) is 16.1. The summed E-state index contributed by atoms with van der Waals surface area (Å²) in [6.45, 7) is 0. The average molecular weight is 396 g/mol. The van der Waals surface area contributed by atoms with Gasteiger partial charge in [0.25, 0.3) is 5.91 Å². The van der Waals surface area contributed by atoms with Crippen molar-refractivity contribution >= 4 is 34.5 Å². The summed E-state index contributed by atoms with van der Waals surface area (Å²) in [7, 11) is 0. The van der Waals surface area contributed by atoms with Crippen LogP contribution in [0, 0.1) is 5.41 Å². The molecule has 3 aromatic rings. The maximum atomic E-state index is 12.8. The summed E-state index contributed by atoms with van der Waals surface area (Å²) >= 11 is 0. The highest BCUT2D eigenvalue weighted by molar-refractivity contribution is 6.26. The van der Waals surface area contributed by atoms with Crippen molar-refractivity contribution in [1.82, 2.24) is 0 Å². The van der Waals surface area contributed by atoms with Crippen LogP contribution >= 0.6 is 0 Å². The number of primary amides is 1. The van der Waals surface area contributed by atoms with Gasteiger partial charge in [0.1, 0.15) is 0 Å². The third-order valence-corrected chi connectivity index (χ3v) is 5.09. The fourth-order valence-corrected chi connectivity index (χ4v) is 3.53. The number of fused-ring (bicyclic) bond motifs is 1. The average Bonchev–Trinajstić information content (AvgIpc) is 3.19. The van der Waals surface area contributed by atoms with Crippen LogP contribution in [0.25, 0.3) is 5.57 Å². The molecule has 4 rings (SSSR count). The van der Waals surface area contributed by atoms with Gasteiger partial charge in [0.2, 0.25) is 5.91 Å². The number of nitrogens with two attached hydrogens (primary N) is 2. The molecule has 30 heavy (non-hydrogen) atoms. The molecule has 0 heterocycles. The number of nitrogens with one attached hydrogen (secondary N) is 2. The highest BCUT2D eigenvalue weighted by Crippen LogP contribution is 2.29. The summed E-state index contributed by atoms with van der Waals surface area (Å²) in [5.41, 5.74) is 16.4. The number of carbonyl (C=O) groups excluding carboxylic acids is 2. The highest BCUT2D eigenvalue weighted by atomic mass is 16.2. The second-order valence-corrected chi connectivity index (χ2v) is 7.06. The molecule has 0 fully saturated rings. The number of hydrogen-bond acceptors (Lipinski definition) is 4. The third kappa shape index (κ3) is 3.58. The van der Waals surface area contributed by atoms with Crippen molar-refractivity contribution in [3.8, 4) is 0 Å². The van der Waals surface area contributed by atoms with Gasteiger partial charge in [-0.3, -0.25) is 15.0 Å². The van der Waals surface area contributed by atoms with Crippen molar-refractivity contribution in [3.63, 3.8) is 0 Å². The van der Waals surface area contributed by atoms with Gasteiger partial charge in [0.15, 0.2) is 0 Å². The Labute approximate surface area is 173 Å². The molecular weight excluding hydrogens is 376 g/mol. The monoisotopic (exact) mass is 396 g/mol. The summed E-state index contributed by atoms with van der Waals surface area (Å²) in [5.74, 6) is -0.776. The van der Waals surface area contributed by atoms with E-state index < -0.39 is 5.91 Å². The molecule has 0 atom stereocenters. The number of amides is 2. The Bertz CT molecular complexity index is 1230. The van der Waals surface area contributed by atoms with E-state index in [0.29, 0.717) is 33.6 Å². The molecule has 0 aromatic heterocycles. The molecule has 1 aliphatic rings. The van der Waals surface area contributed by atoms with Crippen LogP contribution in [0.1, 0.15) is 32.6 Å². The molecular formula is C24H20N4O2. The van der Waals surface area contributed by atoms with E-state index in [-0.39, 0.29) is 11.6 Å². The van der Waals surface area contributed by atoms with Crippen LogP contribution < -0.4 is 16.8 Å². The normalized spacial score (nSPS) is 12.1. The lowest BCUT2D eigenvalue weighted by Gasteiger charge is -2.13. The smallest absolute Gasteiger partial charge is 0.255 e. The van der Waals surface area contributed by atoms with Gasteiger partial charge in [-0.2, -0.15) is 0 Å². The first-order valence-corrected chi connectivity index (χ1v) is 9.42. The summed E-state index contributed by atoms with van der Waals surface area (Å²) in [6, 6.07) is 19.3. The molecule has 2 amide bonds. The number of allylic oxidation sites excluding steroid dienone is 1. The zero-order valence-electron chi connectivity index (χ0n) is 16.1. The van der Waals surface area contributed by atoms with Gasteiger partial charge in [-0.15, -0.1) is 0 Å². The van der Waals surface area contributed by atoms with Gasteiger partial charge in [0.05, 0.1) is 5.71 Å². The molecule has 6 nitrogen and oxygen atoms in total. The first kappa shape index (κ1) is 19.1. The molecule has 6 N–H and O–H groups in total. The van der Waals surface area contributed by atoms with Crippen LogP contribution in [0.4, 0.5) is 11.4 Å². The number of anilines is 2. The lowest BCUT2D eigenvalue weighted by molar-refractivity contribution is -0.111. The van der Waals surface area contributed by atoms with Crippen LogP contribution in [0.15, 0.2) is 72.8 Å². The number of rotatable bonds is 5. The minimum atomic E-state index is -0.566. The predicted octanol–water partition coefficient (Wildman–Crippen LogP) is 3.36. The Morgan fingerprint density at radius 2 is 1.70 bits per heavy atom. The molecule has 3 aromatic carbocycles. The SMILES string of the molecule is N=C(c1cccc(C(N)=O)c1)c1cc(NC(=O)C2=CCc3ccccc32)ccc1N. The second kappa shape index (κ2) is 7.67. The molecule has 0 radical (unpaired) electrons. The van der Waals surface area contributed by atoms with Gasteiger partial charge < -0.3 is 16.8 Å². The van der Waals surface area contributed by atoms with Gasteiger partial charge in [-0.1, -0.05) is 42.5 Å². The first-order chi connectivity index (χ1) is 14.4. The van der Waals surface area contributed by atoms with E-state index in [1.807, 2.05) is 30.3 Å². The summed E-state index contributed by atoms with van der Waals surface area (Å²) in [4.78, 5) is 24.3. The van der Waals surface area contributed by atoms with Crippen molar-refractivity contribution in [2.45, 2.75) is 6.42 Å². The van der Waals surface area contributed by atoms with E-state index in [4.69, 9.17) is 16.9 Å². The highest BCUT2D eigenvalue weighted by Gasteiger charge is 2.20. The first-order valence-electron chi connectivity index (χ1n) is 9.42. The predicted molar refractivity (Wildman–Crippen MR) is 118 cm³/mol. The minimum Gasteiger partial charge on any atom is -0.398 e. The molecule has 0 aliphatic heterocycles. The number of benzene rings is 3. The quantitative estimate of drug-likeness (QED) is 0.391. The third-order valence-electron chi connectivity index (χ3n) is 5.09. The number of carbonyl (C=O) groups is 2. The van der Waals surface area contributed by atoms with Crippen molar-refractivity contribution in [1.29, 1.82) is 5.41 Å². The van der Waals surface area contributed by atoms with Crippen molar-refractivity contribution in [2.75, 3.05) is 11.1 Å². The van der Waals surface area contributed by atoms with Crippen LogP contribution in [-0.2, 0) is 11.2 Å². The van der Waals surface area contributed by atoms with Gasteiger partial charge in [0, 0.05) is 33.6 Å². The van der Waals surface area contributed by atoms with E-state index in [1.54, 1.807) is 42.5 Å². The van der Waals surface area contributed by atoms with E-state index in [2.05, 4.69) is 5.32 Å². The fraction of sp³-hybridized carbons (Fsp3) is 0.0417. The van der Waals surface area contributed by atoms with E-state index in [9.17, 15) is 9.59 Å². The lowest BCUT2D eigenvalue weighted by atomic mass is 9.98. The van der Waals surface area contributed by atoms with Gasteiger partial charge in [-0.25, -0.2) is 0 Å². The molecule has 6 heteroatoms. The van der Waals surface area contributed by atoms with Crippen LogP contribution in [0.5, 0.6) is 0 Å². The van der Waals surface area contributed by atoms with Crippen molar-refractivity contribution in [3.05, 3.63) is 101 Å². The molecule has 148 valence electrons. The molecule has 0 saturated heterocycles. The topological polar surface area (TPSA) is 122 Å². The Kier molecular flexibility index (Phi) is 4.90. The molecule has 0 bridgehead atoms. The fourth-order valence-electron chi connectivity index (χ4n) is 3.53. The van der Waals surface area contributed by atoms with Crippen LogP contribution in [-0.4, -0.2) is 17.5 Å².